The zero-order valence-electron chi connectivity index (χ0n) is 22.7. The number of alkyl halides is 3. The highest BCUT2D eigenvalue weighted by Crippen LogP contribution is 2.37. The molecule has 3 aromatic heterocycles. The first-order valence-corrected chi connectivity index (χ1v) is 13.3. The quantitative estimate of drug-likeness (QED) is 0.283. The molecule has 0 spiro atoms. The third-order valence-electron chi connectivity index (χ3n) is 6.96. The first-order chi connectivity index (χ1) is 19.1. The predicted molar refractivity (Wildman–Crippen MR) is 149 cm³/mol. The van der Waals surface area contributed by atoms with Crippen LogP contribution in [-0.2, 0) is 6.18 Å². The number of para-hydroxylation sites is 1. The SMILES string of the molecule is CC(C)CN1CCCCC1N(C)c1nc(C(F)(F)F)ccc1-c1cc(Oc2cccc3ccc(N)nc23)ncn1. The van der Waals surface area contributed by atoms with Crippen molar-refractivity contribution in [1.82, 2.24) is 24.8 Å². The normalized spacial score (nSPS) is 16.4. The van der Waals surface area contributed by atoms with E-state index in [2.05, 4.69) is 38.7 Å². The number of hydrogen-bond acceptors (Lipinski definition) is 8. The van der Waals surface area contributed by atoms with Crippen LogP contribution in [0, 0.1) is 5.92 Å². The van der Waals surface area contributed by atoms with Gasteiger partial charge >= 0.3 is 6.18 Å². The molecule has 210 valence electrons. The second-order valence-corrected chi connectivity index (χ2v) is 10.4. The van der Waals surface area contributed by atoms with Gasteiger partial charge in [-0.15, -0.1) is 0 Å². The summed E-state index contributed by atoms with van der Waals surface area (Å²) < 4.78 is 47.4. The molecule has 0 bridgehead atoms. The van der Waals surface area contributed by atoms with Crippen molar-refractivity contribution in [2.75, 3.05) is 30.8 Å². The molecule has 1 aliphatic rings. The molecular formula is C29H32F3N7O. The highest BCUT2D eigenvalue weighted by Gasteiger charge is 2.35. The zero-order chi connectivity index (χ0) is 28.4. The largest absolute Gasteiger partial charge is 0.437 e. The lowest BCUT2D eigenvalue weighted by molar-refractivity contribution is -0.141. The van der Waals surface area contributed by atoms with Gasteiger partial charge in [-0.1, -0.05) is 26.0 Å². The van der Waals surface area contributed by atoms with Crippen molar-refractivity contribution in [3.63, 3.8) is 0 Å². The van der Waals surface area contributed by atoms with Crippen LogP contribution in [0.25, 0.3) is 22.2 Å². The first kappa shape index (κ1) is 27.6. The number of anilines is 2. The topological polar surface area (TPSA) is 93.3 Å². The monoisotopic (exact) mass is 551 g/mol. The molecule has 1 atom stereocenters. The van der Waals surface area contributed by atoms with Gasteiger partial charge in [0.1, 0.15) is 29.2 Å². The van der Waals surface area contributed by atoms with Crippen LogP contribution < -0.4 is 15.4 Å². The molecule has 1 fully saturated rings. The average molecular weight is 552 g/mol. The van der Waals surface area contributed by atoms with Gasteiger partial charge in [-0.05, 0) is 55.5 Å². The van der Waals surface area contributed by atoms with E-state index in [1.165, 1.54) is 12.4 Å². The summed E-state index contributed by atoms with van der Waals surface area (Å²) in [5, 5.41) is 0.843. The van der Waals surface area contributed by atoms with Gasteiger partial charge in [-0.25, -0.2) is 19.9 Å². The van der Waals surface area contributed by atoms with Crippen LogP contribution in [0.3, 0.4) is 0 Å². The Morgan fingerprint density at radius 1 is 1.07 bits per heavy atom. The highest BCUT2D eigenvalue weighted by atomic mass is 19.4. The fourth-order valence-electron chi connectivity index (χ4n) is 5.18. The van der Waals surface area contributed by atoms with Gasteiger partial charge in [0.25, 0.3) is 0 Å². The maximum Gasteiger partial charge on any atom is 0.433 e. The Morgan fingerprint density at radius 3 is 2.67 bits per heavy atom. The Bertz CT molecular complexity index is 1490. The fraction of sp³-hybridized carbons (Fsp3) is 0.379. The smallest absolute Gasteiger partial charge is 0.433 e. The Labute approximate surface area is 231 Å². The lowest BCUT2D eigenvalue weighted by Gasteiger charge is -2.42. The molecule has 1 unspecified atom stereocenters. The maximum atomic E-state index is 13.8. The van der Waals surface area contributed by atoms with Crippen molar-refractivity contribution in [3.05, 3.63) is 60.6 Å². The fourth-order valence-corrected chi connectivity index (χ4v) is 5.18. The molecule has 4 heterocycles. The van der Waals surface area contributed by atoms with E-state index in [4.69, 9.17) is 10.5 Å². The van der Waals surface area contributed by atoms with E-state index in [0.717, 1.165) is 43.8 Å². The standard InChI is InChI=1S/C29H32F3N7O/c1-18(2)16-39-14-5-4-9-26(39)38(3)28-20(11-12-23(36-28)29(30,31)32)21-15-25(35-17-34-21)40-22-8-6-7-19-10-13-24(33)37-27(19)22/h6-8,10-13,15,17-18,26H,4-5,9,14,16H2,1-3H3,(H2,33,37). The molecule has 40 heavy (non-hydrogen) atoms. The number of nitrogen functional groups attached to an aromatic ring is 1. The molecule has 5 rings (SSSR count). The van der Waals surface area contributed by atoms with E-state index in [0.29, 0.717) is 34.3 Å². The van der Waals surface area contributed by atoms with Crippen LogP contribution in [0.15, 0.2) is 54.9 Å². The van der Waals surface area contributed by atoms with Gasteiger partial charge in [0.05, 0.1) is 11.9 Å². The van der Waals surface area contributed by atoms with Crippen LogP contribution in [0.5, 0.6) is 11.6 Å². The molecule has 1 aromatic carbocycles. The van der Waals surface area contributed by atoms with Gasteiger partial charge in [-0.2, -0.15) is 13.2 Å². The van der Waals surface area contributed by atoms with Gasteiger partial charge in [0, 0.05) is 37.2 Å². The molecule has 1 saturated heterocycles. The Balaban J connectivity index is 1.54. The Kier molecular flexibility index (Phi) is 7.75. The number of fused-ring (bicyclic) bond motifs is 1. The second-order valence-electron chi connectivity index (χ2n) is 10.4. The molecule has 4 aromatic rings. The highest BCUT2D eigenvalue weighted by molar-refractivity contribution is 5.86. The number of pyridine rings is 2. The Morgan fingerprint density at radius 2 is 1.90 bits per heavy atom. The number of likely N-dealkylation sites (tertiary alicyclic amines) is 1. The van der Waals surface area contributed by atoms with E-state index in [-0.39, 0.29) is 17.9 Å². The summed E-state index contributed by atoms with van der Waals surface area (Å²) in [4.78, 5) is 21.3. The van der Waals surface area contributed by atoms with E-state index in [1.807, 2.05) is 23.1 Å². The number of piperidine rings is 1. The molecule has 0 aliphatic carbocycles. The summed E-state index contributed by atoms with van der Waals surface area (Å²) in [7, 11) is 1.81. The zero-order valence-corrected chi connectivity index (χ0v) is 22.7. The lowest BCUT2D eigenvalue weighted by Crippen LogP contribution is -2.51. The predicted octanol–water partition coefficient (Wildman–Crippen LogP) is 6.38. The minimum absolute atomic E-state index is 0.0874. The number of hydrogen-bond donors (Lipinski definition) is 1. The third-order valence-corrected chi connectivity index (χ3v) is 6.96. The van der Waals surface area contributed by atoms with Crippen molar-refractivity contribution < 1.29 is 17.9 Å². The van der Waals surface area contributed by atoms with Crippen LogP contribution in [-0.4, -0.2) is 51.1 Å². The number of benzene rings is 1. The second kappa shape index (κ2) is 11.2. The molecule has 0 saturated carbocycles. The number of ether oxygens (including phenoxy) is 1. The van der Waals surface area contributed by atoms with Gasteiger partial charge in [-0.3, -0.25) is 4.90 Å². The first-order valence-electron chi connectivity index (χ1n) is 13.3. The summed E-state index contributed by atoms with van der Waals surface area (Å²) in [6, 6.07) is 13.0. The molecule has 0 radical (unpaired) electrons. The van der Waals surface area contributed by atoms with Crippen LogP contribution in [0.1, 0.15) is 38.8 Å². The molecule has 8 nitrogen and oxygen atoms in total. The molecule has 11 heteroatoms. The van der Waals surface area contributed by atoms with E-state index in [9.17, 15) is 13.2 Å². The summed E-state index contributed by atoms with van der Waals surface area (Å²) in [5.74, 6) is 1.64. The number of aromatic nitrogens is 4. The van der Waals surface area contributed by atoms with Crippen molar-refractivity contribution in [1.29, 1.82) is 0 Å². The summed E-state index contributed by atoms with van der Waals surface area (Å²) in [5.41, 5.74) is 6.36. The van der Waals surface area contributed by atoms with Crippen molar-refractivity contribution in [2.45, 2.75) is 45.5 Å². The number of nitrogens with two attached hydrogens (primary N) is 1. The van der Waals surface area contributed by atoms with Gasteiger partial charge < -0.3 is 15.4 Å². The van der Waals surface area contributed by atoms with Gasteiger partial charge in [0.15, 0.2) is 5.75 Å². The third kappa shape index (κ3) is 5.94. The number of halogens is 3. The molecule has 2 N–H and O–H groups in total. The van der Waals surface area contributed by atoms with Crippen molar-refractivity contribution >= 4 is 22.5 Å². The van der Waals surface area contributed by atoms with E-state index < -0.39 is 11.9 Å². The average Bonchev–Trinajstić information content (AvgIpc) is 2.92. The number of rotatable bonds is 7. The van der Waals surface area contributed by atoms with E-state index >= 15 is 0 Å². The Hall–Kier alpha value is -3.99. The van der Waals surface area contributed by atoms with Gasteiger partial charge in [0.2, 0.25) is 5.88 Å². The molecule has 1 aliphatic heterocycles. The lowest BCUT2D eigenvalue weighted by atomic mass is 10.0. The minimum Gasteiger partial charge on any atom is -0.437 e. The molecule has 0 amide bonds. The van der Waals surface area contributed by atoms with Crippen LogP contribution >= 0.6 is 0 Å². The minimum atomic E-state index is -4.58. The van der Waals surface area contributed by atoms with E-state index in [1.54, 1.807) is 25.2 Å². The van der Waals surface area contributed by atoms with Crippen molar-refractivity contribution in [2.24, 2.45) is 5.92 Å². The summed E-state index contributed by atoms with van der Waals surface area (Å²) >= 11 is 0. The number of nitrogens with zero attached hydrogens (tertiary/aromatic N) is 6. The van der Waals surface area contributed by atoms with Crippen molar-refractivity contribution in [3.8, 4) is 22.9 Å². The summed E-state index contributed by atoms with van der Waals surface area (Å²) in [6.45, 7) is 6.01. The summed E-state index contributed by atoms with van der Waals surface area (Å²) in [6.07, 6.45) is -0.466. The molecular weight excluding hydrogens is 519 g/mol. The maximum absolute atomic E-state index is 13.8. The van der Waals surface area contributed by atoms with Crippen LogP contribution in [0.4, 0.5) is 24.8 Å². The van der Waals surface area contributed by atoms with Crippen LogP contribution in [0.2, 0.25) is 0 Å².